The molecule has 2 heterocycles. The molecule has 7 heteroatoms. The van der Waals surface area contributed by atoms with E-state index >= 15 is 0 Å². The van der Waals surface area contributed by atoms with Gasteiger partial charge in [0.05, 0.1) is 5.39 Å². The fourth-order valence-electron chi connectivity index (χ4n) is 3.30. The van der Waals surface area contributed by atoms with Gasteiger partial charge in [-0.3, -0.25) is 9.59 Å². The van der Waals surface area contributed by atoms with E-state index in [1.807, 2.05) is 0 Å². The van der Waals surface area contributed by atoms with Crippen molar-refractivity contribution in [2.75, 3.05) is 13.2 Å². The van der Waals surface area contributed by atoms with Crippen molar-refractivity contribution in [3.8, 4) is 0 Å². The number of hydrogen-bond acceptors (Lipinski definition) is 5. The van der Waals surface area contributed by atoms with Gasteiger partial charge in [0.2, 0.25) is 0 Å². The highest BCUT2D eigenvalue weighted by molar-refractivity contribution is 6.02. The van der Waals surface area contributed by atoms with Crippen LogP contribution in [-0.4, -0.2) is 46.2 Å². The number of carbonyl (C=O) groups excluding carboxylic acids is 2. The largest absolute Gasteiger partial charge is 0.451 e. The minimum Gasteiger partial charge on any atom is -0.451 e. The molecule has 1 aliphatic rings. The van der Waals surface area contributed by atoms with E-state index in [2.05, 4.69) is 17.1 Å². The van der Waals surface area contributed by atoms with Crippen LogP contribution in [0.4, 0.5) is 0 Å². The summed E-state index contributed by atoms with van der Waals surface area (Å²) in [6.07, 6.45) is 3.98. The lowest BCUT2D eigenvalue weighted by Crippen LogP contribution is -2.45. The van der Waals surface area contributed by atoms with Crippen molar-refractivity contribution in [2.45, 2.75) is 38.6 Å². The Morgan fingerprint density at radius 2 is 2.04 bits per heavy atom. The molecule has 1 saturated heterocycles. The summed E-state index contributed by atoms with van der Waals surface area (Å²) in [6.45, 7) is 2.44. The number of ether oxygens (including phenoxy) is 1. The van der Waals surface area contributed by atoms with Crippen LogP contribution in [0.25, 0.3) is 10.8 Å². The first-order chi connectivity index (χ1) is 12.1. The van der Waals surface area contributed by atoms with Crippen LogP contribution in [0.15, 0.2) is 29.1 Å². The lowest BCUT2D eigenvalue weighted by Gasteiger charge is -2.35. The van der Waals surface area contributed by atoms with Crippen LogP contribution in [0.1, 0.15) is 43.1 Å². The highest BCUT2D eigenvalue weighted by Gasteiger charge is 2.26. The van der Waals surface area contributed by atoms with Crippen molar-refractivity contribution in [2.24, 2.45) is 0 Å². The van der Waals surface area contributed by atoms with Crippen molar-refractivity contribution in [1.29, 1.82) is 0 Å². The Bertz CT molecular complexity index is 846. The summed E-state index contributed by atoms with van der Waals surface area (Å²) in [5, 5.41) is 6.85. The second-order valence-electron chi connectivity index (χ2n) is 6.17. The number of H-pyrrole nitrogens is 1. The summed E-state index contributed by atoms with van der Waals surface area (Å²) < 4.78 is 5.17. The molecule has 2 aromatic rings. The first-order valence-corrected chi connectivity index (χ1v) is 8.55. The van der Waals surface area contributed by atoms with E-state index in [0.29, 0.717) is 17.3 Å². The van der Waals surface area contributed by atoms with Crippen LogP contribution in [0.2, 0.25) is 0 Å². The van der Waals surface area contributed by atoms with E-state index in [4.69, 9.17) is 4.74 Å². The minimum absolute atomic E-state index is 0.00804. The monoisotopic (exact) mass is 343 g/mol. The van der Waals surface area contributed by atoms with Gasteiger partial charge < -0.3 is 9.64 Å². The summed E-state index contributed by atoms with van der Waals surface area (Å²) in [4.78, 5) is 38.3. The number of aromatic nitrogens is 2. The number of fused-ring (bicyclic) bond motifs is 1. The van der Waals surface area contributed by atoms with E-state index in [9.17, 15) is 14.4 Å². The average Bonchev–Trinajstić information content (AvgIpc) is 2.66. The smallest absolute Gasteiger partial charge is 0.359 e. The Labute approximate surface area is 145 Å². The van der Waals surface area contributed by atoms with Gasteiger partial charge in [-0.25, -0.2) is 9.89 Å². The standard InChI is InChI=1S/C18H21N3O4/c1-2-12-7-5-6-10-21(12)15(22)11-25-18(24)16-13-8-3-4-9-14(13)17(23)20-19-16/h3-4,8-9,12H,2,5-7,10-11H2,1H3,(H,20,23)/t12-/m0/s1. The lowest BCUT2D eigenvalue weighted by atomic mass is 10.00. The van der Waals surface area contributed by atoms with Crippen LogP contribution < -0.4 is 5.56 Å². The summed E-state index contributed by atoms with van der Waals surface area (Å²) in [5.74, 6) is -0.903. The Hall–Kier alpha value is -2.70. The maximum atomic E-state index is 12.4. The molecule has 3 rings (SSSR count). The maximum absolute atomic E-state index is 12.4. The molecular formula is C18H21N3O4. The number of piperidine rings is 1. The number of benzene rings is 1. The number of likely N-dealkylation sites (tertiary alicyclic amines) is 1. The predicted molar refractivity (Wildman–Crippen MR) is 92.3 cm³/mol. The first kappa shape index (κ1) is 17.1. The number of amides is 1. The van der Waals surface area contributed by atoms with Gasteiger partial charge in [-0.1, -0.05) is 25.1 Å². The molecule has 132 valence electrons. The molecule has 0 spiro atoms. The number of esters is 1. The SMILES string of the molecule is CC[C@H]1CCCCN1C(=O)COC(=O)c1n[nH]c(=O)c2ccccc12. The first-order valence-electron chi connectivity index (χ1n) is 8.55. The van der Waals surface area contributed by atoms with Gasteiger partial charge in [-0.05, 0) is 31.7 Å². The normalized spacial score (nSPS) is 17.5. The Morgan fingerprint density at radius 1 is 1.28 bits per heavy atom. The van der Waals surface area contributed by atoms with Crippen molar-refractivity contribution in [1.82, 2.24) is 15.1 Å². The zero-order valence-corrected chi connectivity index (χ0v) is 14.2. The van der Waals surface area contributed by atoms with Crippen molar-refractivity contribution in [3.05, 3.63) is 40.3 Å². The van der Waals surface area contributed by atoms with Crippen LogP contribution in [0, 0.1) is 0 Å². The summed E-state index contributed by atoms with van der Waals surface area (Å²) in [6, 6.07) is 6.88. The van der Waals surface area contributed by atoms with E-state index in [-0.39, 0.29) is 29.8 Å². The summed E-state index contributed by atoms with van der Waals surface area (Å²) in [7, 11) is 0. The molecule has 0 saturated carbocycles. The maximum Gasteiger partial charge on any atom is 0.359 e. The number of aromatic amines is 1. The molecule has 0 aliphatic carbocycles. The number of nitrogens with one attached hydrogen (secondary N) is 1. The molecule has 1 aliphatic heterocycles. The van der Waals surface area contributed by atoms with Crippen LogP contribution in [-0.2, 0) is 9.53 Å². The van der Waals surface area contributed by atoms with Gasteiger partial charge in [0.15, 0.2) is 12.3 Å². The van der Waals surface area contributed by atoms with Gasteiger partial charge in [-0.2, -0.15) is 5.10 Å². The molecule has 1 N–H and O–H groups in total. The third-order valence-corrected chi connectivity index (χ3v) is 4.63. The Morgan fingerprint density at radius 3 is 2.80 bits per heavy atom. The fraction of sp³-hybridized carbons (Fsp3) is 0.444. The third kappa shape index (κ3) is 3.55. The predicted octanol–water partition coefficient (Wildman–Crippen LogP) is 1.87. The molecule has 1 aromatic carbocycles. The van der Waals surface area contributed by atoms with Crippen molar-refractivity contribution < 1.29 is 14.3 Å². The molecule has 0 bridgehead atoms. The second-order valence-corrected chi connectivity index (χ2v) is 6.17. The third-order valence-electron chi connectivity index (χ3n) is 4.63. The highest BCUT2D eigenvalue weighted by Crippen LogP contribution is 2.20. The number of hydrogen-bond donors (Lipinski definition) is 1. The van der Waals surface area contributed by atoms with Crippen LogP contribution in [0.3, 0.4) is 0 Å². The zero-order chi connectivity index (χ0) is 17.8. The summed E-state index contributed by atoms with van der Waals surface area (Å²) >= 11 is 0. The second kappa shape index (κ2) is 7.46. The minimum atomic E-state index is -0.717. The number of carbonyl (C=O) groups is 2. The van der Waals surface area contributed by atoms with E-state index in [1.165, 1.54) is 0 Å². The molecule has 1 amide bonds. The average molecular weight is 343 g/mol. The van der Waals surface area contributed by atoms with Crippen LogP contribution >= 0.6 is 0 Å². The fourth-order valence-corrected chi connectivity index (χ4v) is 3.30. The Kier molecular flexibility index (Phi) is 5.11. The Balaban J connectivity index is 1.72. The van der Waals surface area contributed by atoms with Crippen molar-refractivity contribution >= 4 is 22.6 Å². The molecule has 7 nitrogen and oxygen atoms in total. The molecule has 1 fully saturated rings. The molecule has 1 atom stereocenters. The quantitative estimate of drug-likeness (QED) is 0.856. The molecular weight excluding hydrogens is 322 g/mol. The molecule has 0 radical (unpaired) electrons. The molecule has 1 aromatic heterocycles. The van der Waals surface area contributed by atoms with Gasteiger partial charge in [0.1, 0.15) is 0 Å². The van der Waals surface area contributed by atoms with Crippen molar-refractivity contribution in [3.63, 3.8) is 0 Å². The van der Waals surface area contributed by atoms with Gasteiger partial charge in [0.25, 0.3) is 11.5 Å². The van der Waals surface area contributed by atoms with Crippen LogP contribution in [0.5, 0.6) is 0 Å². The number of nitrogens with zero attached hydrogens (tertiary/aromatic N) is 2. The zero-order valence-electron chi connectivity index (χ0n) is 14.2. The van der Waals surface area contributed by atoms with E-state index in [1.54, 1.807) is 29.2 Å². The molecule has 25 heavy (non-hydrogen) atoms. The van der Waals surface area contributed by atoms with E-state index < -0.39 is 5.97 Å². The highest BCUT2D eigenvalue weighted by atomic mass is 16.5. The van der Waals surface area contributed by atoms with Gasteiger partial charge in [-0.15, -0.1) is 0 Å². The summed E-state index contributed by atoms with van der Waals surface area (Å²) in [5.41, 5.74) is -0.365. The number of rotatable bonds is 4. The molecule has 0 unspecified atom stereocenters. The topological polar surface area (TPSA) is 92.4 Å². The van der Waals surface area contributed by atoms with Gasteiger partial charge in [0, 0.05) is 18.0 Å². The van der Waals surface area contributed by atoms with Gasteiger partial charge >= 0.3 is 5.97 Å². The van der Waals surface area contributed by atoms with E-state index in [0.717, 1.165) is 25.7 Å². The lowest BCUT2D eigenvalue weighted by molar-refractivity contribution is -0.138.